The lowest BCUT2D eigenvalue weighted by molar-refractivity contribution is -0.139. The molecule has 2 heterocycles. The van der Waals surface area contributed by atoms with Gasteiger partial charge in [0.25, 0.3) is 0 Å². The van der Waals surface area contributed by atoms with E-state index in [0.29, 0.717) is 55.7 Å². The van der Waals surface area contributed by atoms with Gasteiger partial charge in [-0.25, -0.2) is 9.48 Å². The van der Waals surface area contributed by atoms with Crippen LogP contribution < -0.4 is 14.8 Å². The zero-order valence-corrected chi connectivity index (χ0v) is 20.0. The second-order valence-electron chi connectivity index (χ2n) is 7.23. The minimum absolute atomic E-state index is 0.234. The van der Waals surface area contributed by atoms with Crippen molar-refractivity contribution >= 4 is 35.1 Å². The van der Waals surface area contributed by atoms with Crippen molar-refractivity contribution in [3.63, 3.8) is 0 Å². The summed E-state index contributed by atoms with van der Waals surface area (Å²) in [6.07, 6.45) is 0. The van der Waals surface area contributed by atoms with E-state index in [9.17, 15) is 4.79 Å². The molecule has 0 amide bonds. The van der Waals surface area contributed by atoms with Crippen LogP contribution in [-0.4, -0.2) is 41.6 Å². The molecule has 3 aromatic rings. The van der Waals surface area contributed by atoms with Gasteiger partial charge in [0.15, 0.2) is 17.3 Å². The maximum absolute atomic E-state index is 12.9. The van der Waals surface area contributed by atoms with Crippen molar-refractivity contribution < 1.29 is 19.0 Å². The maximum atomic E-state index is 12.9. The first-order valence-electron chi connectivity index (χ1n) is 10.2. The van der Waals surface area contributed by atoms with Gasteiger partial charge in [0.2, 0.25) is 5.95 Å². The summed E-state index contributed by atoms with van der Waals surface area (Å²) < 4.78 is 17.7. The van der Waals surface area contributed by atoms with Crippen LogP contribution in [0.2, 0.25) is 10.0 Å². The van der Waals surface area contributed by atoms with Gasteiger partial charge in [0.05, 0.1) is 26.4 Å². The molecular weight excluding hydrogens is 467 g/mol. The summed E-state index contributed by atoms with van der Waals surface area (Å²) in [5.74, 6) is 1.57. The molecule has 10 heteroatoms. The van der Waals surface area contributed by atoms with Gasteiger partial charge >= 0.3 is 5.97 Å². The van der Waals surface area contributed by atoms with E-state index >= 15 is 0 Å². The number of aromatic nitrogens is 3. The van der Waals surface area contributed by atoms with Gasteiger partial charge < -0.3 is 19.5 Å². The van der Waals surface area contributed by atoms with Crippen LogP contribution in [0.5, 0.6) is 11.5 Å². The predicted molar refractivity (Wildman–Crippen MR) is 126 cm³/mol. The van der Waals surface area contributed by atoms with E-state index in [1.807, 2.05) is 6.07 Å². The number of hydrogen-bond acceptors (Lipinski definition) is 7. The molecule has 0 aliphatic carbocycles. The maximum Gasteiger partial charge on any atom is 0.338 e. The molecule has 1 aliphatic heterocycles. The Morgan fingerprint density at radius 3 is 2.55 bits per heavy atom. The first-order valence-corrected chi connectivity index (χ1v) is 10.9. The van der Waals surface area contributed by atoms with Crippen LogP contribution in [0.4, 0.5) is 5.95 Å². The number of ether oxygens (including phenoxy) is 3. The third-order valence-electron chi connectivity index (χ3n) is 5.25. The number of fused-ring (bicyclic) bond motifs is 1. The van der Waals surface area contributed by atoms with Crippen molar-refractivity contribution in [3.8, 4) is 22.9 Å². The van der Waals surface area contributed by atoms with Gasteiger partial charge in [-0.3, -0.25) is 0 Å². The number of anilines is 1. The van der Waals surface area contributed by atoms with Crippen LogP contribution in [0.1, 0.15) is 25.5 Å². The smallest absolute Gasteiger partial charge is 0.338 e. The lowest BCUT2D eigenvalue weighted by Crippen LogP contribution is -2.29. The standard InChI is InChI=1S/C23H22Cl2N4O4/c1-5-33-22(30)19-12(2)26-23-27-21(13-6-9-17(31-3)18(10-13)32-4)28-29(23)20(19)15-8-7-14(24)11-16(15)25/h6-11,20H,5H2,1-4H3,(H,26,27,28). The zero-order chi connectivity index (χ0) is 23.7. The average molecular weight is 489 g/mol. The number of rotatable bonds is 6. The molecule has 1 unspecified atom stereocenters. The molecule has 2 aromatic carbocycles. The molecular formula is C23H22Cl2N4O4. The lowest BCUT2D eigenvalue weighted by atomic mass is 9.96. The Balaban J connectivity index is 1.87. The van der Waals surface area contributed by atoms with Crippen molar-refractivity contribution in [2.45, 2.75) is 19.9 Å². The van der Waals surface area contributed by atoms with Crippen molar-refractivity contribution in [3.05, 3.63) is 63.3 Å². The lowest BCUT2D eigenvalue weighted by Gasteiger charge is -2.28. The highest BCUT2D eigenvalue weighted by atomic mass is 35.5. The zero-order valence-electron chi connectivity index (χ0n) is 18.5. The average Bonchev–Trinajstić information content (AvgIpc) is 3.21. The molecule has 1 atom stereocenters. The Bertz CT molecular complexity index is 1260. The summed E-state index contributed by atoms with van der Waals surface area (Å²) in [5, 5.41) is 8.77. The Kier molecular flexibility index (Phi) is 6.49. The van der Waals surface area contributed by atoms with Crippen molar-refractivity contribution in [1.82, 2.24) is 14.8 Å². The summed E-state index contributed by atoms with van der Waals surface area (Å²) >= 11 is 12.7. The number of esters is 1. The van der Waals surface area contributed by atoms with Crippen LogP contribution in [0, 0.1) is 0 Å². The normalized spacial score (nSPS) is 15.0. The minimum Gasteiger partial charge on any atom is -0.493 e. The highest BCUT2D eigenvalue weighted by Gasteiger charge is 2.36. The van der Waals surface area contributed by atoms with Gasteiger partial charge in [0.1, 0.15) is 6.04 Å². The number of nitrogens with one attached hydrogen (secondary N) is 1. The summed E-state index contributed by atoms with van der Waals surface area (Å²) in [6, 6.07) is 9.86. The molecule has 0 saturated heterocycles. The summed E-state index contributed by atoms with van der Waals surface area (Å²) in [4.78, 5) is 17.6. The van der Waals surface area contributed by atoms with Crippen molar-refractivity contribution in [2.24, 2.45) is 0 Å². The monoisotopic (exact) mass is 488 g/mol. The third kappa shape index (κ3) is 4.24. The third-order valence-corrected chi connectivity index (χ3v) is 5.81. The Morgan fingerprint density at radius 2 is 1.88 bits per heavy atom. The Labute approximate surface area is 201 Å². The van der Waals surface area contributed by atoms with E-state index in [2.05, 4.69) is 10.3 Å². The first kappa shape index (κ1) is 22.9. The molecule has 0 bridgehead atoms. The van der Waals surface area contributed by atoms with Crippen molar-refractivity contribution in [2.75, 3.05) is 26.1 Å². The van der Waals surface area contributed by atoms with Gasteiger partial charge in [-0.1, -0.05) is 29.3 Å². The molecule has 4 rings (SSSR count). The van der Waals surface area contributed by atoms with Crippen LogP contribution in [-0.2, 0) is 9.53 Å². The second-order valence-corrected chi connectivity index (χ2v) is 8.07. The highest BCUT2D eigenvalue weighted by molar-refractivity contribution is 6.35. The summed E-state index contributed by atoms with van der Waals surface area (Å²) in [6.45, 7) is 3.78. The number of carbonyl (C=O) groups excluding carboxylic acids is 1. The van der Waals surface area contributed by atoms with Crippen molar-refractivity contribution in [1.29, 1.82) is 0 Å². The quantitative estimate of drug-likeness (QED) is 0.481. The molecule has 1 aromatic heterocycles. The number of allylic oxidation sites excluding steroid dienone is 1. The molecule has 0 radical (unpaired) electrons. The predicted octanol–water partition coefficient (Wildman–Crippen LogP) is 5.12. The first-order chi connectivity index (χ1) is 15.9. The van der Waals surface area contributed by atoms with E-state index in [0.717, 1.165) is 0 Å². The number of methoxy groups -OCH3 is 2. The Hall–Kier alpha value is -3.23. The molecule has 0 spiro atoms. The molecule has 0 saturated carbocycles. The molecule has 8 nitrogen and oxygen atoms in total. The molecule has 1 aliphatic rings. The number of hydrogen-bond donors (Lipinski definition) is 1. The topological polar surface area (TPSA) is 87.5 Å². The van der Waals surface area contributed by atoms with E-state index in [4.69, 9.17) is 42.5 Å². The van der Waals surface area contributed by atoms with E-state index in [1.165, 1.54) is 0 Å². The van der Waals surface area contributed by atoms with Gasteiger partial charge in [0, 0.05) is 26.9 Å². The minimum atomic E-state index is -0.661. The van der Waals surface area contributed by atoms with Gasteiger partial charge in [-0.15, -0.1) is 5.10 Å². The van der Waals surface area contributed by atoms with E-state index in [-0.39, 0.29) is 6.61 Å². The molecule has 1 N–H and O–H groups in total. The Morgan fingerprint density at radius 1 is 1.12 bits per heavy atom. The van der Waals surface area contributed by atoms with Gasteiger partial charge in [-0.2, -0.15) is 4.98 Å². The second kappa shape index (κ2) is 9.33. The number of benzene rings is 2. The van der Waals surface area contributed by atoms with Crippen LogP contribution >= 0.6 is 23.2 Å². The fraction of sp³-hybridized carbons (Fsp3) is 0.261. The summed E-state index contributed by atoms with van der Waals surface area (Å²) in [7, 11) is 3.13. The molecule has 0 fully saturated rings. The van der Waals surface area contributed by atoms with Crippen LogP contribution in [0.25, 0.3) is 11.4 Å². The highest BCUT2D eigenvalue weighted by Crippen LogP contribution is 2.40. The van der Waals surface area contributed by atoms with E-state index < -0.39 is 12.0 Å². The number of nitrogens with zero attached hydrogens (tertiary/aromatic N) is 3. The summed E-state index contributed by atoms with van der Waals surface area (Å²) in [5.41, 5.74) is 2.35. The fourth-order valence-electron chi connectivity index (χ4n) is 3.73. The van der Waals surface area contributed by atoms with E-state index in [1.54, 1.807) is 63.1 Å². The molecule has 33 heavy (non-hydrogen) atoms. The van der Waals surface area contributed by atoms with Gasteiger partial charge in [-0.05, 0) is 44.2 Å². The largest absolute Gasteiger partial charge is 0.493 e. The number of halogens is 2. The fourth-order valence-corrected chi connectivity index (χ4v) is 4.24. The SMILES string of the molecule is CCOC(=O)C1=C(C)Nc2nc(-c3ccc(OC)c(OC)c3)nn2C1c1ccc(Cl)cc1Cl. The number of carbonyl (C=O) groups is 1. The molecule has 172 valence electrons. The van der Waals surface area contributed by atoms with Crippen LogP contribution in [0.15, 0.2) is 47.7 Å². The van der Waals surface area contributed by atoms with Crippen LogP contribution in [0.3, 0.4) is 0 Å².